The number of fused-ring (bicyclic) bond motifs is 1. The van der Waals surface area contributed by atoms with E-state index in [1.165, 1.54) is 16.9 Å². The van der Waals surface area contributed by atoms with Crippen molar-refractivity contribution in [2.24, 2.45) is 0 Å². The van der Waals surface area contributed by atoms with Crippen LogP contribution in [0.25, 0.3) is 21.5 Å². The molecule has 6 aromatic rings. The lowest BCUT2D eigenvalue weighted by molar-refractivity contribution is 0.0706. The van der Waals surface area contributed by atoms with Crippen molar-refractivity contribution in [3.8, 4) is 11.3 Å². The van der Waals surface area contributed by atoms with E-state index >= 15 is 0 Å². The Morgan fingerprint density at radius 2 is 1.49 bits per heavy atom. The van der Waals surface area contributed by atoms with Gasteiger partial charge in [-0.3, -0.25) is 24.8 Å². The van der Waals surface area contributed by atoms with E-state index in [9.17, 15) is 9.59 Å². The molecule has 0 saturated heterocycles. The zero-order valence-electron chi connectivity index (χ0n) is 21.8. The fourth-order valence-electron chi connectivity index (χ4n) is 4.61. The van der Waals surface area contributed by atoms with Crippen molar-refractivity contribution >= 4 is 38.5 Å². The van der Waals surface area contributed by atoms with E-state index in [1.54, 1.807) is 29.7 Å². The highest BCUT2D eigenvalue weighted by Crippen LogP contribution is 2.32. The lowest BCUT2D eigenvalue weighted by Gasteiger charge is -2.09. The SMILES string of the molecule is O=C(NO)c1ccc(Cn2nc(Cc3ccccc3)cc2-c2ccc3nc(NC(=O)c4ccccc4)sc3c2)cc1. The summed E-state index contributed by atoms with van der Waals surface area (Å²) in [5.41, 5.74) is 8.38. The molecule has 0 aliphatic carbocycles. The normalized spacial score (nSPS) is 11.0. The second kappa shape index (κ2) is 11.5. The van der Waals surface area contributed by atoms with Crippen molar-refractivity contribution in [1.82, 2.24) is 20.2 Å². The molecule has 2 heterocycles. The summed E-state index contributed by atoms with van der Waals surface area (Å²) in [7, 11) is 0. The van der Waals surface area contributed by atoms with Crippen LogP contribution in [0, 0.1) is 0 Å². The van der Waals surface area contributed by atoms with E-state index in [2.05, 4.69) is 34.6 Å². The van der Waals surface area contributed by atoms with Crippen LogP contribution in [0.5, 0.6) is 0 Å². The van der Waals surface area contributed by atoms with Gasteiger partial charge in [0.1, 0.15) is 0 Å². The highest BCUT2D eigenvalue weighted by atomic mass is 32.1. The van der Waals surface area contributed by atoms with Gasteiger partial charge in [-0.25, -0.2) is 10.5 Å². The summed E-state index contributed by atoms with van der Waals surface area (Å²) in [6, 6.07) is 34.4. The Balaban J connectivity index is 1.31. The van der Waals surface area contributed by atoms with Crippen LogP contribution in [-0.2, 0) is 13.0 Å². The van der Waals surface area contributed by atoms with Crippen molar-refractivity contribution in [2.45, 2.75) is 13.0 Å². The van der Waals surface area contributed by atoms with E-state index in [0.717, 1.165) is 32.7 Å². The molecule has 4 aromatic carbocycles. The predicted octanol–water partition coefficient (Wildman–Crippen LogP) is 6.17. The second-order valence-electron chi connectivity index (χ2n) is 9.50. The summed E-state index contributed by atoms with van der Waals surface area (Å²) < 4.78 is 2.90. The minimum absolute atomic E-state index is 0.198. The molecule has 0 aliphatic heterocycles. The summed E-state index contributed by atoms with van der Waals surface area (Å²) in [6.07, 6.45) is 0.689. The average molecular weight is 560 g/mol. The molecule has 0 fully saturated rings. The number of carbonyl (C=O) groups excluding carboxylic acids is 2. The Bertz CT molecular complexity index is 1830. The van der Waals surface area contributed by atoms with Crippen molar-refractivity contribution in [1.29, 1.82) is 0 Å². The van der Waals surface area contributed by atoms with Crippen LogP contribution in [0.2, 0.25) is 0 Å². The Labute approximate surface area is 239 Å². The summed E-state index contributed by atoms with van der Waals surface area (Å²) in [5, 5.41) is 17.3. The number of aromatic nitrogens is 3. The van der Waals surface area contributed by atoms with Gasteiger partial charge < -0.3 is 0 Å². The van der Waals surface area contributed by atoms with Crippen LogP contribution in [0.1, 0.15) is 37.5 Å². The molecule has 0 bridgehead atoms. The van der Waals surface area contributed by atoms with Crippen LogP contribution in [-0.4, -0.2) is 31.8 Å². The summed E-state index contributed by atoms with van der Waals surface area (Å²) in [5.74, 6) is -0.755. The van der Waals surface area contributed by atoms with Crippen LogP contribution >= 0.6 is 11.3 Å². The average Bonchev–Trinajstić information content (AvgIpc) is 3.60. The monoisotopic (exact) mass is 559 g/mol. The first-order chi connectivity index (χ1) is 20.1. The molecule has 0 spiro atoms. The first-order valence-electron chi connectivity index (χ1n) is 13.0. The minimum atomic E-state index is -0.557. The van der Waals surface area contributed by atoms with Crippen LogP contribution in [0.4, 0.5) is 5.13 Å². The maximum atomic E-state index is 12.6. The van der Waals surface area contributed by atoms with Gasteiger partial charge in [0, 0.05) is 23.1 Å². The third-order valence-corrected chi connectivity index (χ3v) is 7.58. The molecule has 2 amide bonds. The topological polar surface area (TPSA) is 109 Å². The van der Waals surface area contributed by atoms with E-state index in [4.69, 9.17) is 10.3 Å². The van der Waals surface area contributed by atoms with Crippen LogP contribution < -0.4 is 10.8 Å². The number of nitrogens with zero attached hydrogens (tertiary/aromatic N) is 3. The highest BCUT2D eigenvalue weighted by molar-refractivity contribution is 7.22. The van der Waals surface area contributed by atoms with Crippen molar-refractivity contribution in [2.75, 3.05) is 5.32 Å². The molecular formula is C32H25N5O3S. The van der Waals surface area contributed by atoms with E-state index in [-0.39, 0.29) is 5.91 Å². The van der Waals surface area contributed by atoms with Gasteiger partial charge in [-0.05, 0) is 53.6 Å². The van der Waals surface area contributed by atoms with Gasteiger partial charge >= 0.3 is 0 Å². The Hall–Kier alpha value is -5.12. The number of hydrogen-bond donors (Lipinski definition) is 3. The zero-order valence-corrected chi connectivity index (χ0v) is 22.6. The van der Waals surface area contributed by atoms with Crippen molar-refractivity contribution in [3.63, 3.8) is 0 Å². The first-order valence-corrected chi connectivity index (χ1v) is 13.8. The molecule has 9 heteroatoms. The summed E-state index contributed by atoms with van der Waals surface area (Å²) >= 11 is 1.42. The molecule has 2 aromatic heterocycles. The van der Waals surface area contributed by atoms with Gasteiger partial charge in [-0.2, -0.15) is 5.10 Å². The number of benzene rings is 4. The largest absolute Gasteiger partial charge is 0.298 e. The highest BCUT2D eigenvalue weighted by Gasteiger charge is 2.15. The molecular weight excluding hydrogens is 534 g/mol. The summed E-state index contributed by atoms with van der Waals surface area (Å²) in [4.78, 5) is 29.0. The van der Waals surface area contributed by atoms with Gasteiger partial charge in [0.15, 0.2) is 5.13 Å². The summed E-state index contributed by atoms with van der Waals surface area (Å²) in [6.45, 7) is 0.490. The molecule has 8 nitrogen and oxygen atoms in total. The number of hydroxylamine groups is 1. The molecule has 202 valence electrons. The molecule has 0 atom stereocenters. The quantitative estimate of drug-likeness (QED) is 0.153. The molecule has 0 aliphatic rings. The standard InChI is InChI=1S/C32H25N5O3S/c38-30(23-9-5-2-6-10-23)34-32-33-27-16-15-25(18-29(27)41-32)28-19-26(17-21-7-3-1-4-8-21)35-37(28)20-22-11-13-24(14-12-22)31(39)36-40/h1-16,18-19,40H,17,20H2,(H,36,39)(H,33,34,38). The van der Waals surface area contributed by atoms with Gasteiger partial charge in [-0.1, -0.05) is 78.1 Å². The third kappa shape index (κ3) is 5.91. The third-order valence-electron chi connectivity index (χ3n) is 6.65. The number of rotatable bonds is 8. The maximum absolute atomic E-state index is 12.6. The molecule has 6 rings (SSSR count). The number of amides is 2. The number of thiazole rings is 1. The predicted molar refractivity (Wildman–Crippen MR) is 159 cm³/mol. The van der Waals surface area contributed by atoms with Crippen LogP contribution in [0.15, 0.2) is 109 Å². The Morgan fingerprint density at radius 3 is 2.22 bits per heavy atom. The van der Waals surface area contributed by atoms with E-state index < -0.39 is 5.91 Å². The molecule has 0 unspecified atom stereocenters. The van der Waals surface area contributed by atoms with Crippen LogP contribution in [0.3, 0.4) is 0 Å². The number of nitrogens with one attached hydrogen (secondary N) is 2. The van der Waals surface area contributed by atoms with E-state index in [0.29, 0.717) is 29.2 Å². The molecule has 0 saturated carbocycles. The number of hydrogen-bond acceptors (Lipinski definition) is 6. The lowest BCUT2D eigenvalue weighted by Crippen LogP contribution is -2.18. The van der Waals surface area contributed by atoms with Gasteiger partial charge in [0.25, 0.3) is 11.8 Å². The Morgan fingerprint density at radius 1 is 0.780 bits per heavy atom. The number of carbonyl (C=O) groups is 2. The molecule has 0 radical (unpaired) electrons. The smallest absolute Gasteiger partial charge is 0.274 e. The second-order valence-corrected chi connectivity index (χ2v) is 10.5. The molecule has 3 N–H and O–H groups in total. The lowest BCUT2D eigenvalue weighted by atomic mass is 10.1. The fraction of sp³-hybridized carbons (Fsp3) is 0.0625. The molecule has 41 heavy (non-hydrogen) atoms. The van der Waals surface area contributed by atoms with Crippen molar-refractivity contribution < 1.29 is 14.8 Å². The van der Waals surface area contributed by atoms with Gasteiger partial charge in [0.2, 0.25) is 0 Å². The zero-order chi connectivity index (χ0) is 28.2. The maximum Gasteiger partial charge on any atom is 0.274 e. The Kier molecular flexibility index (Phi) is 7.36. The van der Waals surface area contributed by atoms with E-state index in [1.807, 2.05) is 65.3 Å². The number of anilines is 1. The van der Waals surface area contributed by atoms with Crippen molar-refractivity contribution in [3.05, 3.63) is 137 Å². The minimum Gasteiger partial charge on any atom is -0.298 e. The van der Waals surface area contributed by atoms with Gasteiger partial charge in [-0.15, -0.1) is 0 Å². The fourth-order valence-corrected chi connectivity index (χ4v) is 5.51. The first kappa shape index (κ1) is 26.1. The van der Waals surface area contributed by atoms with Gasteiger partial charge in [0.05, 0.1) is 28.1 Å².